The number of rotatable bonds is 52. The smallest absolute Gasteiger partial charge is 0.306 e. The van der Waals surface area contributed by atoms with Crippen LogP contribution < -0.4 is 0 Å². The van der Waals surface area contributed by atoms with E-state index in [9.17, 15) is 14.4 Å². The lowest BCUT2D eigenvalue weighted by Crippen LogP contribution is -2.30. The predicted molar refractivity (Wildman–Crippen MR) is 316 cm³/mol. The Balaban J connectivity index is 4.36. The quantitative estimate of drug-likeness (QED) is 0.0261. The SMILES string of the molecule is CC/C=C\C/C=C\C/C=C\C/C=C\C/C=C\C/C=C\CCCCC(=O)OC(COC(=O)CCCCCCCCCCC)COC(=O)CCCCCCCCCCC/C=C\C/C=C\C/C=C\C/C=C\C/C=C\CC. The highest BCUT2D eigenvalue weighted by atomic mass is 16.6. The maximum Gasteiger partial charge on any atom is 0.306 e. The average Bonchev–Trinajstić information content (AvgIpc) is 3.39. The van der Waals surface area contributed by atoms with E-state index in [2.05, 4.69) is 154 Å². The Labute approximate surface area is 449 Å². The van der Waals surface area contributed by atoms with Crippen molar-refractivity contribution in [2.75, 3.05) is 13.2 Å². The van der Waals surface area contributed by atoms with Gasteiger partial charge in [0.1, 0.15) is 13.2 Å². The second kappa shape index (κ2) is 60.1. The van der Waals surface area contributed by atoms with Gasteiger partial charge in [-0.1, -0.05) is 251 Å². The van der Waals surface area contributed by atoms with E-state index in [1.54, 1.807) is 0 Å². The van der Waals surface area contributed by atoms with Gasteiger partial charge in [-0.25, -0.2) is 0 Å². The monoisotopic (exact) mass is 1010 g/mol. The molecule has 73 heavy (non-hydrogen) atoms. The molecule has 0 bridgehead atoms. The molecule has 0 radical (unpaired) electrons. The topological polar surface area (TPSA) is 78.9 Å². The summed E-state index contributed by atoms with van der Waals surface area (Å²) < 4.78 is 16.8. The summed E-state index contributed by atoms with van der Waals surface area (Å²) in [5.74, 6) is -0.955. The molecule has 0 fully saturated rings. The van der Waals surface area contributed by atoms with Crippen LogP contribution in [0.25, 0.3) is 0 Å². The molecular formula is C67H108O6. The number of unbranched alkanes of at least 4 members (excludes halogenated alkanes) is 19. The van der Waals surface area contributed by atoms with Crippen molar-refractivity contribution in [1.82, 2.24) is 0 Å². The number of ether oxygens (including phenoxy) is 3. The van der Waals surface area contributed by atoms with Crippen LogP contribution in [-0.4, -0.2) is 37.2 Å². The van der Waals surface area contributed by atoms with E-state index in [1.165, 1.54) is 77.0 Å². The molecule has 0 saturated carbocycles. The van der Waals surface area contributed by atoms with Gasteiger partial charge in [0, 0.05) is 19.3 Å². The van der Waals surface area contributed by atoms with Gasteiger partial charge in [0.05, 0.1) is 0 Å². The molecule has 0 aliphatic heterocycles. The highest BCUT2D eigenvalue weighted by molar-refractivity contribution is 5.71. The van der Waals surface area contributed by atoms with Gasteiger partial charge in [-0.3, -0.25) is 14.4 Å². The summed E-state index contributed by atoms with van der Waals surface area (Å²) in [5.41, 5.74) is 0. The fourth-order valence-electron chi connectivity index (χ4n) is 7.77. The third kappa shape index (κ3) is 58.3. The minimum absolute atomic E-state index is 0.1000. The predicted octanol–water partition coefficient (Wildman–Crippen LogP) is 20.2. The fraction of sp³-hybridized carbons (Fsp3) is 0.627. The van der Waals surface area contributed by atoms with Crippen LogP contribution in [0.2, 0.25) is 0 Å². The zero-order valence-corrected chi connectivity index (χ0v) is 47.1. The Bertz CT molecular complexity index is 1580. The van der Waals surface area contributed by atoms with E-state index in [1.807, 2.05) is 0 Å². The van der Waals surface area contributed by atoms with Gasteiger partial charge in [0.15, 0.2) is 6.10 Å². The van der Waals surface area contributed by atoms with Gasteiger partial charge in [-0.05, 0) is 116 Å². The van der Waals surface area contributed by atoms with Crippen LogP contribution in [0.4, 0.5) is 0 Å². The molecule has 0 spiro atoms. The molecule has 6 nitrogen and oxygen atoms in total. The van der Waals surface area contributed by atoms with Crippen molar-refractivity contribution < 1.29 is 28.6 Å². The average molecular weight is 1010 g/mol. The van der Waals surface area contributed by atoms with E-state index in [0.717, 1.165) is 128 Å². The minimum Gasteiger partial charge on any atom is -0.462 e. The highest BCUT2D eigenvalue weighted by Gasteiger charge is 2.19. The molecule has 0 aliphatic rings. The Morgan fingerprint density at radius 1 is 0.288 bits per heavy atom. The molecular weight excluding hydrogens is 901 g/mol. The van der Waals surface area contributed by atoms with Crippen LogP contribution in [0, 0.1) is 0 Å². The molecule has 1 unspecified atom stereocenters. The van der Waals surface area contributed by atoms with Crippen molar-refractivity contribution >= 4 is 17.9 Å². The lowest BCUT2D eigenvalue weighted by Gasteiger charge is -2.18. The number of hydrogen-bond donors (Lipinski definition) is 0. The van der Waals surface area contributed by atoms with Crippen molar-refractivity contribution in [2.24, 2.45) is 0 Å². The van der Waals surface area contributed by atoms with Crippen molar-refractivity contribution in [1.29, 1.82) is 0 Å². The van der Waals surface area contributed by atoms with E-state index in [0.29, 0.717) is 19.3 Å². The van der Waals surface area contributed by atoms with E-state index in [-0.39, 0.29) is 37.5 Å². The van der Waals surface area contributed by atoms with Crippen LogP contribution in [0.5, 0.6) is 0 Å². The summed E-state index contributed by atoms with van der Waals surface area (Å²) in [7, 11) is 0. The third-order valence-corrected chi connectivity index (χ3v) is 12.2. The largest absolute Gasteiger partial charge is 0.462 e. The van der Waals surface area contributed by atoms with Gasteiger partial charge < -0.3 is 14.2 Å². The summed E-state index contributed by atoms with van der Waals surface area (Å²) in [6, 6.07) is 0. The minimum atomic E-state index is -0.806. The number of carbonyl (C=O) groups excluding carboxylic acids is 3. The molecule has 0 rings (SSSR count). The van der Waals surface area contributed by atoms with Crippen LogP contribution in [0.3, 0.4) is 0 Å². The van der Waals surface area contributed by atoms with Gasteiger partial charge in [0.2, 0.25) is 0 Å². The van der Waals surface area contributed by atoms with Crippen LogP contribution in [0.15, 0.2) is 134 Å². The van der Waals surface area contributed by atoms with E-state index >= 15 is 0 Å². The number of allylic oxidation sites excluding steroid dienone is 22. The molecule has 0 amide bonds. The van der Waals surface area contributed by atoms with Crippen molar-refractivity contribution in [3.05, 3.63) is 134 Å². The van der Waals surface area contributed by atoms with Gasteiger partial charge in [-0.2, -0.15) is 0 Å². The molecule has 0 aromatic carbocycles. The summed E-state index contributed by atoms with van der Waals surface area (Å²) in [4.78, 5) is 38.1. The Morgan fingerprint density at radius 3 is 0.863 bits per heavy atom. The van der Waals surface area contributed by atoms with E-state index in [4.69, 9.17) is 14.2 Å². The van der Waals surface area contributed by atoms with Gasteiger partial charge in [-0.15, -0.1) is 0 Å². The normalized spacial score (nSPS) is 13.1. The van der Waals surface area contributed by atoms with Gasteiger partial charge >= 0.3 is 17.9 Å². The molecule has 0 N–H and O–H groups in total. The molecule has 0 heterocycles. The third-order valence-electron chi connectivity index (χ3n) is 12.2. The molecule has 6 heteroatoms. The standard InChI is InChI=1S/C67H108O6/c1-4-7-10-13-16-19-21-23-25-27-29-31-32-33-34-36-37-39-41-43-45-48-51-54-57-60-66(69)72-63-64(62-71-65(68)59-56-53-50-47-18-15-12-9-6-3)73-67(70)61-58-55-52-49-46-44-42-40-38-35-30-28-26-24-22-20-17-14-11-8-5-2/h7-8,10-11,16-17,19-20,23-26,29-31,33-35,40,42,46,49,64H,4-6,9,12-15,18,21-22,27-28,32,36-39,41,43-45,47-48,50-63H2,1-3H3/b10-7-,11-8-,19-16-,20-17-,25-23-,26-24-,31-29-,34-33-,35-30-,42-40-,49-46-. The lowest BCUT2D eigenvalue weighted by molar-refractivity contribution is -0.167. The summed E-state index contributed by atoms with van der Waals surface area (Å²) in [6.45, 7) is 6.35. The first-order valence-corrected chi connectivity index (χ1v) is 29.7. The first kappa shape index (κ1) is 68.6. The highest BCUT2D eigenvalue weighted by Crippen LogP contribution is 2.14. The maximum absolute atomic E-state index is 12.8. The Hall–Kier alpha value is -4.45. The van der Waals surface area contributed by atoms with Crippen molar-refractivity contribution in [3.63, 3.8) is 0 Å². The van der Waals surface area contributed by atoms with Crippen molar-refractivity contribution in [3.8, 4) is 0 Å². The second-order valence-electron chi connectivity index (χ2n) is 19.1. The summed E-state index contributed by atoms with van der Waals surface area (Å²) in [5, 5.41) is 0. The molecule has 1 atom stereocenters. The lowest BCUT2D eigenvalue weighted by atomic mass is 10.1. The Kier molecular flexibility index (Phi) is 56.4. The fourth-order valence-corrected chi connectivity index (χ4v) is 7.77. The summed E-state index contributed by atoms with van der Waals surface area (Å²) in [6.07, 6.45) is 84.5. The van der Waals surface area contributed by atoms with Crippen LogP contribution in [0.1, 0.15) is 252 Å². The second-order valence-corrected chi connectivity index (χ2v) is 19.1. The molecule has 0 aromatic rings. The zero-order valence-electron chi connectivity index (χ0n) is 47.1. The number of carbonyl (C=O) groups is 3. The Morgan fingerprint density at radius 2 is 0.534 bits per heavy atom. The summed E-state index contributed by atoms with van der Waals surface area (Å²) >= 11 is 0. The van der Waals surface area contributed by atoms with Crippen LogP contribution in [-0.2, 0) is 28.6 Å². The van der Waals surface area contributed by atoms with Crippen molar-refractivity contribution in [2.45, 2.75) is 258 Å². The zero-order chi connectivity index (χ0) is 52.9. The molecule has 412 valence electrons. The molecule has 0 aromatic heterocycles. The van der Waals surface area contributed by atoms with E-state index < -0.39 is 6.10 Å². The first-order valence-electron chi connectivity index (χ1n) is 29.7. The maximum atomic E-state index is 12.8. The number of esters is 3. The molecule has 0 saturated heterocycles. The van der Waals surface area contributed by atoms with Gasteiger partial charge in [0.25, 0.3) is 0 Å². The van der Waals surface area contributed by atoms with Crippen LogP contribution >= 0.6 is 0 Å². The molecule has 0 aliphatic carbocycles. The number of hydrogen-bond acceptors (Lipinski definition) is 6. The first-order chi connectivity index (χ1) is 36.0.